The van der Waals surface area contributed by atoms with E-state index in [9.17, 15) is 8.42 Å². The SMILES string of the molecule is Cl.NC(CNS(=O)(=O)c1cccc(Cl)c1Br)C1CC1. The highest BCUT2D eigenvalue weighted by molar-refractivity contribution is 9.10. The summed E-state index contributed by atoms with van der Waals surface area (Å²) < 4.78 is 27.1. The molecule has 0 aromatic heterocycles. The second-order valence-electron chi connectivity index (χ2n) is 4.41. The van der Waals surface area contributed by atoms with E-state index in [1.807, 2.05) is 0 Å². The fraction of sp³-hybridized carbons (Fsp3) is 0.455. The van der Waals surface area contributed by atoms with Crippen molar-refractivity contribution in [3.05, 3.63) is 27.7 Å². The molecule has 1 unspecified atom stereocenters. The molecule has 19 heavy (non-hydrogen) atoms. The maximum atomic E-state index is 12.1. The first-order valence-electron chi connectivity index (χ1n) is 5.61. The van der Waals surface area contributed by atoms with Crippen LogP contribution in [-0.4, -0.2) is 21.0 Å². The standard InChI is InChI=1S/C11H14BrClN2O2S.ClH/c12-11-8(13)2-1-3-10(11)18(16,17)15-6-9(14)7-4-5-7;/h1-3,7,9,15H,4-6,14H2;1H. The zero-order valence-corrected chi connectivity index (χ0v) is 13.9. The van der Waals surface area contributed by atoms with Crippen molar-refractivity contribution in [3.63, 3.8) is 0 Å². The molecule has 1 saturated carbocycles. The number of benzene rings is 1. The van der Waals surface area contributed by atoms with E-state index in [4.69, 9.17) is 17.3 Å². The Morgan fingerprint density at radius 2 is 2.11 bits per heavy atom. The van der Waals surface area contributed by atoms with Crippen LogP contribution in [0.3, 0.4) is 0 Å². The van der Waals surface area contributed by atoms with Crippen LogP contribution >= 0.6 is 39.9 Å². The van der Waals surface area contributed by atoms with Crippen molar-refractivity contribution in [1.29, 1.82) is 0 Å². The molecule has 1 aliphatic rings. The Labute approximate surface area is 132 Å². The lowest BCUT2D eigenvalue weighted by molar-refractivity contribution is 0.547. The molecule has 1 aromatic carbocycles. The number of halogens is 3. The number of hydrogen-bond acceptors (Lipinski definition) is 3. The molecule has 0 spiro atoms. The summed E-state index contributed by atoms with van der Waals surface area (Å²) in [4.78, 5) is 0.137. The van der Waals surface area contributed by atoms with Crippen molar-refractivity contribution in [2.75, 3.05) is 6.54 Å². The van der Waals surface area contributed by atoms with E-state index in [0.29, 0.717) is 15.4 Å². The Bertz CT molecular complexity index is 550. The minimum Gasteiger partial charge on any atom is -0.326 e. The van der Waals surface area contributed by atoms with Gasteiger partial charge < -0.3 is 5.73 Å². The van der Waals surface area contributed by atoms with E-state index >= 15 is 0 Å². The fourth-order valence-electron chi connectivity index (χ4n) is 1.67. The maximum absolute atomic E-state index is 12.1. The summed E-state index contributed by atoms with van der Waals surface area (Å²) in [5.41, 5.74) is 5.87. The van der Waals surface area contributed by atoms with Gasteiger partial charge in [0.2, 0.25) is 10.0 Å². The third-order valence-electron chi connectivity index (χ3n) is 2.94. The number of hydrogen-bond donors (Lipinski definition) is 2. The Morgan fingerprint density at radius 1 is 1.47 bits per heavy atom. The molecule has 1 fully saturated rings. The molecule has 108 valence electrons. The summed E-state index contributed by atoms with van der Waals surface area (Å²) in [5.74, 6) is 0.454. The molecule has 2 rings (SSSR count). The van der Waals surface area contributed by atoms with Crippen molar-refractivity contribution >= 4 is 50.0 Å². The van der Waals surface area contributed by atoms with Gasteiger partial charge >= 0.3 is 0 Å². The Morgan fingerprint density at radius 3 is 2.68 bits per heavy atom. The number of nitrogens with one attached hydrogen (secondary N) is 1. The van der Waals surface area contributed by atoms with E-state index in [-0.39, 0.29) is 29.9 Å². The molecule has 4 nitrogen and oxygen atoms in total. The van der Waals surface area contributed by atoms with E-state index in [2.05, 4.69) is 20.7 Å². The van der Waals surface area contributed by atoms with Crippen LogP contribution in [0.15, 0.2) is 27.6 Å². The monoisotopic (exact) mass is 388 g/mol. The van der Waals surface area contributed by atoms with Crippen LogP contribution in [0.2, 0.25) is 5.02 Å². The molecule has 3 N–H and O–H groups in total. The van der Waals surface area contributed by atoms with Gasteiger partial charge in [-0.2, -0.15) is 0 Å². The molecular formula is C11H15BrCl2N2O2S. The van der Waals surface area contributed by atoms with Gasteiger partial charge in [0, 0.05) is 12.6 Å². The smallest absolute Gasteiger partial charge is 0.241 e. The summed E-state index contributed by atoms with van der Waals surface area (Å²) in [7, 11) is -3.58. The minimum atomic E-state index is -3.58. The molecule has 1 aromatic rings. The molecular weight excluding hydrogens is 375 g/mol. The number of sulfonamides is 1. The molecule has 0 aliphatic heterocycles. The molecule has 0 amide bonds. The lowest BCUT2D eigenvalue weighted by Crippen LogP contribution is -2.38. The van der Waals surface area contributed by atoms with Crippen LogP contribution in [0.25, 0.3) is 0 Å². The summed E-state index contributed by atoms with van der Waals surface area (Å²) in [6.45, 7) is 0.256. The van der Waals surface area contributed by atoms with Crippen molar-refractivity contribution in [2.45, 2.75) is 23.8 Å². The van der Waals surface area contributed by atoms with Crippen LogP contribution < -0.4 is 10.5 Å². The lowest BCUT2D eigenvalue weighted by atomic mass is 10.2. The summed E-state index contributed by atoms with van der Waals surface area (Å²) >= 11 is 9.06. The second kappa shape index (κ2) is 6.74. The van der Waals surface area contributed by atoms with Gasteiger partial charge in [0.25, 0.3) is 0 Å². The van der Waals surface area contributed by atoms with E-state index < -0.39 is 10.0 Å². The second-order valence-corrected chi connectivity index (χ2v) is 7.34. The summed E-state index contributed by atoms with van der Waals surface area (Å²) in [5, 5.41) is 0.365. The predicted molar refractivity (Wildman–Crippen MR) is 82.3 cm³/mol. The third-order valence-corrected chi connectivity index (χ3v) is 6.07. The van der Waals surface area contributed by atoms with Gasteiger partial charge in [0.15, 0.2) is 0 Å². The fourth-order valence-corrected chi connectivity index (χ4v) is 3.97. The third kappa shape index (κ3) is 4.31. The zero-order valence-electron chi connectivity index (χ0n) is 9.97. The average Bonchev–Trinajstić information content (AvgIpc) is 3.13. The Hall–Kier alpha value is 0.150. The van der Waals surface area contributed by atoms with Gasteiger partial charge in [-0.1, -0.05) is 17.7 Å². The molecule has 0 radical (unpaired) electrons. The summed E-state index contributed by atoms with van der Waals surface area (Å²) in [6, 6.07) is 4.61. The molecule has 0 heterocycles. The van der Waals surface area contributed by atoms with Gasteiger partial charge in [-0.05, 0) is 46.8 Å². The highest BCUT2D eigenvalue weighted by Gasteiger charge is 2.29. The molecule has 1 atom stereocenters. The minimum absolute atomic E-state index is 0. The highest BCUT2D eigenvalue weighted by atomic mass is 79.9. The number of nitrogens with two attached hydrogens (primary N) is 1. The molecule has 0 bridgehead atoms. The van der Waals surface area contributed by atoms with Gasteiger partial charge in [0.1, 0.15) is 0 Å². The van der Waals surface area contributed by atoms with Crippen LogP contribution in [-0.2, 0) is 10.0 Å². The van der Waals surface area contributed by atoms with Crippen molar-refractivity contribution in [2.24, 2.45) is 11.7 Å². The quantitative estimate of drug-likeness (QED) is 0.812. The first-order valence-corrected chi connectivity index (χ1v) is 8.26. The van der Waals surface area contributed by atoms with Crippen LogP contribution in [0, 0.1) is 5.92 Å². The van der Waals surface area contributed by atoms with Crippen molar-refractivity contribution in [1.82, 2.24) is 4.72 Å². The zero-order chi connectivity index (χ0) is 13.3. The first-order chi connectivity index (χ1) is 8.42. The Kier molecular flexibility index (Phi) is 6.10. The normalized spacial score (nSPS) is 16.8. The maximum Gasteiger partial charge on any atom is 0.241 e. The topological polar surface area (TPSA) is 72.2 Å². The van der Waals surface area contributed by atoms with Gasteiger partial charge in [-0.25, -0.2) is 13.1 Å². The van der Waals surface area contributed by atoms with E-state index in [1.54, 1.807) is 12.1 Å². The number of rotatable bonds is 5. The van der Waals surface area contributed by atoms with Crippen LogP contribution in [0.4, 0.5) is 0 Å². The van der Waals surface area contributed by atoms with Crippen LogP contribution in [0.1, 0.15) is 12.8 Å². The van der Waals surface area contributed by atoms with Crippen molar-refractivity contribution < 1.29 is 8.42 Å². The highest BCUT2D eigenvalue weighted by Crippen LogP contribution is 2.32. The van der Waals surface area contributed by atoms with Crippen LogP contribution in [0.5, 0.6) is 0 Å². The lowest BCUT2D eigenvalue weighted by Gasteiger charge is -2.13. The van der Waals surface area contributed by atoms with Gasteiger partial charge in [0.05, 0.1) is 14.4 Å². The summed E-state index contributed by atoms with van der Waals surface area (Å²) in [6.07, 6.45) is 2.17. The molecule has 8 heteroatoms. The largest absolute Gasteiger partial charge is 0.326 e. The molecule has 0 saturated heterocycles. The van der Waals surface area contributed by atoms with Gasteiger partial charge in [-0.3, -0.25) is 0 Å². The van der Waals surface area contributed by atoms with E-state index in [1.165, 1.54) is 6.07 Å². The predicted octanol–water partition coefficient (Wildman–Crippen LogP) is 2.54. The van der Waals surface area contributed by atoms with Gasteiger partial charge in [-0.15, -0.1) is 12.4 Å². The average molecular weight is 390 g/mol. The molecule has 1 aliphatic carbocycles. The first kappa shape index (κ1) is 17.2. The van der Waals surface area contributed by atoms with Crippen molar-refractivity contribution in [3.8, 4) is 0 Å². The Balaban J connectivity index is 0.00000180. The van der Waals surface area contributed by atoms with E-state index in [0.717, 1.165) is 12.8 Å².